The van der Waals surface area contributed by atoms with Gasteiger partial charge in [-0.1, -0.05) is 35.9 Å². The van der Waals surface area contributed by atoms with Crippen LogP contribution in [0, 0.1) is 17.4 Å². The van der Waals surface area contributed by atoms with Gasteiger partial charge in [0.15, 0.2) is 0 Å². The van der Waals surface area contributed by atoms with E-state index in [-0.39, 0.29) is 0 Å². The molecule has 0 spiro atoms. The Bertz CT molecular complexity index is 772. The molecule has 2 aromatic carbocycles. The lowest BCUT2D eigenvalue weighted by molar-refractivity contribution is -0.136. The highest BCUT2D eigenvalue weighted by Gasteiger charge is 2.13. The van der Waals surface area contributed by atoms with Gasteiger partial charge in [0, 0.05) is 14.8 Å². The van der Waals surface area contributed by atoms with Gasteiger partial charge in [0.2, 0.25) is 0 Å². The number of amides is 2. The second kappa shape index (κ2) is 7.87. The molecule has 2 amide bonds. The third-order valence-corrected chi connectivity index (χ3v) is 4.09. The number of halogens is 1. The molecule has 0 aromatic heterocycles. The second-order valence-corrected chi connectivity index (χ2v) is 6.16. The van der Waals surface area contributed by atoms with Crippen LogP contribution >= 0.6 is 22.6 Å². The number of hydrogen-bond acceptors (Lipinski definition) is 3. The molecule has 2 rings (SSSR count). The molecule has 0 fully saturated rings. The number of aryl methyl sites for hydroxylation is 2. The van der Waals surface area contributed by atoms with Gasteiger partial charge in [-0.3, -0.25) is 9.59 Å². The van der Waals surface area contributed by atoms with Gasteiger partial charge in [0.25, 0.3) is 0 Å². The fourth-order valence-corrected chi connectivity index (χ4v) is 2.45. The first-order valence-electron chi connectivity index (χ1n) is 6.93. The molecule has 6 heteroatoms. The Labute approximate surface area is 148 Å². The molecule has 5 nitrogen and oxygen atoms in total. The number of anilines is 1. The van der Waals surface area contributed by atoms with Crippen LogP contribution < -0.4 is 10.7 Å². The zero-order chi connectivity index (χ0) is 16.8. The number of hydrogen-bond donors (Lipinski definition) is 2. The highest BCUT2D eigenvalue weighted by Crippen LogP contribution is 2.15. The first-order chi connectivity index (χ1) is 11.0. The summed E-state index contributed by atoms with van der Waals surface area (Å²) < 4.78 is 1.00. The van der Waals surface area contributed by atoms with Crippen LogP contribution in [0.1, 0.15) is 16.7 Å². The smallest absolute Gasteiger partial charge is 0.317 e. The third-order valence-electron chi connectivity index (χ3n) is 3.11. The molecular formula is C17H16IN3O2. The summed E-state index contributed by atoms with van der Waals surface area (Å²) in [5, 5.41) is 6.38. The number of nitrogens with zero attached hydrogens (tertiary/aromatic N) is 1. The molecule has 0 aliphatic heterocycles. The van der Waals surface area contributed by atoms with Crippen molar-refractivity contribution in [3.8, 4) is 0 Å². The van der Waals surface area contributed by atoms with Crippen molar-refractivity contribution in [2.24, 2.45) is 5.10 Å². The van der Waals surface area contributed by atoms with Crippen LogP contribution in [0.4, 0.5) is 5.69 Å². The zero-order valence-corrected chi connectivity index (χ0v) is 14.9. The Morgan fingerprint density at radius 1 is 1.09 bits per heavy atom. The maximum atomic E-state index is 11.9. The summed E-state index contributed by atoms with van der Waals surface area (Å²) in [5.74, 6) is -1.57. The number of hydrazone groups is 1. The molecule has 0 heterocycles. The van der Waals surface area contributed by atoms with Gasteiger partial charge in [-0.25, -0.2) is 5.43 Å². The van der Waals surface area contributed by atoms with E-state index in [0.29, 0.717) is 5.69 Å². The highest BCUT2D eigenvalue weighted by atomic mass is 127. The summed E-state index contributed by atoms with van der Waals surface area (Å²) in [7, 11) is 0. The van der Waals surface area contributed by atoms with Crippen molar-refractivity contribution < 1.29 is 9.59 Å². The maximum absolute atomic E-state index is 11.9. The number of carbonyl (C=O) groups is 2. The molecular weight excluding hydrogens is 405 g/mol. The molecule has 0 bridgehead atoms. The molecule has 118 valence electrons. The van der Waals surface area contributed by atoms with Crippen molar-refractivity contribution in [2.45, 2.75) is 13.8 Å². The lowest BCUT2D eigenvalue weighted by atomic mass is 10.1. The van der Waals surface area contributed by atoms with Crippen LogP contribution in [0.3, 0.4) is 0 Å². The van der Waals surface area contributed by atoms with Crippen molar-refractivity contribution in [1.82, 2.24) is 5.43 Å². The number of carbonyl (C=O) groups excluding carboxylic acids is 2. The topological polar surface area (TPSA) is 70.6 Å². The molecule has 2 aromatic rings. The lowest BCUT2D eigenvalue weighted by Gasteiger charge is -2.08. The molecule has 0 aliphatic carbocycles. The Morgan fingerprint density at radius 3 is 2.52 bits per heavy atom. The average molecular weight is 421 g/mol. The van der Waals surface area contributed by atoms with Gasteiger partial charge in [-0.05, 0) is 54.1 Å². The molecule has 0 saturated carbocycles. The van der Waals surface area contributed by atoms with Gasteiger partial charge in [-0.15, -0.1) is 0 Å². The van der Waals surface area contributed by atoms with Crippen molar-refractivity contribution in [3.05, 3.63) is 62.7 Å². The van der Waals surface area contributed by atoms with Gasteiger partial charge < -0.3 is 5.32 Å². The van der Waals surface area contributed by atoms with E-state index in [4.69, 9.17) is 0 Å². The van der Waals surface area contributed by atoms with Crippen LogP contribution in [0.25, 0.3) is 0 Å². The molecule has 2 N–H and O–H groups in total. The predicted octanol–water partition coefficient (Wildman–Crippen LogP) is 3.00. The SMILES string of the molecule is Cc1ccc(NC(=O)C(=O)N/N=C/c2ccccc2I)c(C)c1. The Hall–Kier alpha value is -2.22. The summed E-state index contributed by atoms with van der Waals surface area (Å²) in [4.78, 5) is 23.6. The van der Waals surface area contributed by atoms with Gasteiger partial charge in [-0.2, -0.15) is 5.10 Å². The zero-order valence-electron chi connectivity index (χ0n) is 12.8. The predicted molar refractivity (Wildman–Crippen MR) is 99.4 cm³/mol. The minimum atomic E-state index is -0.813. The normalized spacial score (nSPS) is 10.6. The summed E-state index contributed by atoms with van der Waals surface area (Å²) in [5.41, 5.74) is 5.68. The van der Waals surface area contributed by atoms with Crippen LogP contribution in [0.2, 0.25) is 0 Å². The van der Waals surface area contributed by atoms with Crippen molar-refractivity contribution in [2.75, 3.05) is 5.32 Å². The first kappa shape index (κ1) is 17.1. The maximum Gasteiger partial charge on any atom is 0.329 e. The highest BCUT2D eigenvalue weighted by molar-refractivity contribution is 14.1. The minimum absolute atomic E-state index is 0.609. The van der Waals surface area contributed by atoms with Crippen LogP contribution in [-0.2, 0) is 9.59 Å². The average Bonchev–Trinajstić information content (AvgIpc) is 2.51. The van der Waals surface area contributed by atoms with Gasteiger partial charge in [0.1, 0.15) is 0 Å². The fourth-order valence-electron chi connectivity index (χ4n) is 1.92. The molecule has 0 aliphatic rings. The van der Waals surface area contributed by atoms with Gasteiger partial charge in [0.05, 0.1) is 6.21 Å². The first-order valence-corrected chi connectivity index (χ1v) is 8.01. The summed E-state index contributed by atoms with van der Waals surface area (Å²) in [6.07, 6.45) is 1.50. The second-order valence-electron chi connectivity index (χ2n) is 4.99. The van der Waals surface area contributed by atoms with E-state index in [2.05, 4.69) is 38.4 Å². The number of rotatable bonds is 3. The molecule has 23 heavy (non-hydrogen) atoms. The number of benzene rings is 2. The van der Waals surface area contributed by atoms with Crippen LogP contribution in [0.5, 0.6) is 0 Å². The van der Waals surface area contributed by atoms with E-state index in [1.807, 2.05) is 50.2 Å². The van der Waals surface area contributed by atoms with E-state index in [9.17, 15) is 9.59 Å². The minimum Gasteiger partial charge on any atom is -0.317 e. The largest absolute Gasteiger partial charge is 0.329 e. The van der Waals surface area contributed by atoms with E-state index in [1.165, 1.54) is 6.21 Å². The van der Waals surface area contributed by atoms with E-state index < -0.39 is 11.8 Å². The van der Waals surface area contributed by atoms with E-state index in [0.717, 1.165) is 20.3 Å². The number of nitrogens with one attached hydrogen (secondary N) is 2. The quantitative estimate of drug-likeness (QED) is 0.346. The molecule has 0 saturated heterocycles. The Balaban J connectivity index is 1.95. The Morgan fingerprint density at radius 2 is 1.83 bits per heavy atom. The van der Waals surface area contributed by atoms with Crippen LogP contribution in [-0.4, -0.2) is 18.0 Å². The Kier molecular flexibility index (Phi) is 5.86. The van der Waals surface area contributed by atoms with Crippen molar-refractivity contribution in [3.63, 3.8) is 0 Å². The molecule has 0 atom stereocenters. The van der Waals surface area contributed by atoms with E-state index in [1.54, 1.807) is 6.07 Å². The molecule has 0 unspecified atom stereocenters. The van der Waals surface area contributed by atoms with Crippen LogP contribution in [0.15, 0.2) is 47.6 Å². The van der Waals surface area contributed by atoms with Crippen molar-refractivity contribution >= 4 is 46.3 Å². The van der Waals surface area contributed by atoms with E-state index >= 15 is 0 Å². The van der Waals surface area contributed by atoms with Crippen molar-refractivity contribution in [1.29, 1.82) is 0 Å². The summed E-state index contributed by atoms with van der Waals surface area (Å²) in [6, 6.07) is 13.2. The fraction of sp³-hybridized carbons (Fsp3) is 0.118. The monoisotopic (exact) mass is 421 g/mol. The lowest BCUT2D eigenvalue weighted by Crippen LogP contribution is -2.32. The third kappa shape index (κ3) is 4.88. The summed E-state index contributed by atoms with van der Waals surface area (Å²) >= 11 is 2.17. The summed E-state index contributed by atoms with van der Waals surface area (Å²) in [6.45, 7) is 3.83. The molecule has 0 radical (unpaired) electrons. The van der Waals surface area contributed by atoms with Gasteiger partial charge >= 0.3 is 11.8 Å². The standard InChI is InChI=1S/C17H16IN3O2/c1-11-7-8-15(12(2)9-11)20-16(22)17(23)21-19-10-13-5-3-4-6-14(13)18/h3-10H,1-2H3,(H,20,22)(H,21,23)/b19-10+.